The lowest BCUT2D eigenvalue weighted by Gasteiger charge is -2.18. The number of carboxylic acids is 1. The first kappa shape index (κ1) is 20.5. The number of hydrogen-bond acceptors (Lipinski definition) is 3. The fourth-order valence-electron chi connectivity index (χ4n) is 2.66. The standard InChI is InChI=1S/C21H27N3O3/c1-3-24(4-2)15-18-7-5-16(6-8-18)13-22-21(27)23-14-17-9-11-19(12-10-17)20(25)26/h5-12H,3-4,13-15H2,1-2H3,(H,25,26)(H2,22,23,27). The maximum absolute atomic E-state index is 11.9. The largest absolute Gasteiger partial charge is 0.478 e. The van der Waals surface area contributed by atoms with E-state index in [1.807, 2.05) is 12.1 Å². The van der Waals surface area contributed by atoms with Crippen LogP contribution < -0.4 is 10.6 Å². The molecule has 6 heteroatoms. The average Bonchev–Trinajstić information content (AvgIpc) is 2.70. The number of carbonyl (C=O) groups excluding carboxylic acids is 1. The van der Waals surface area contributed by atoms with E-state index in [0.29, 0.717) is 13.1 Å². The van der Waals surface area contributed by atoms with Crippen molar-refractivity contribution in [1.82, 2.24) is 15.5 Å². The molecule has 3 N–H and O–H groups in total. The second-order valence-electron chi connectivity index (χ2n) is 6.32. The number of rotatable bonds is 9. The molecule has 2 rings (SSSR count). The first-order valence-electron chi connectivity index (χ1n) is 9.16. The van der Waals surface area contributed by atoms with Gasteiger partial charge < -0.3 is 15.7 Å². The van der Waals surface area contributed by atoms with E-state index in [9.17, 15) is 9.59 Å². The fraction of sp³-hybridized carbons (Fsp3) is 0.333. The predicted octanol–water partition coefficient (Wildman–Crippen LogP) is 3.23. The average molecular weight is 369 g/mol. The van der Waals surface area contributed by atoms with Crippen molar-refractivity contribution in [2.45, 2.75) is 33.5 Å². The molecule has 0 atom stereocenters. The Balaban J connectivity index is 1.75. The summed E-state index contributed by atoms with van der Waals surface area (Å²) in [5, 5.41) is 14.5. The lowest BCUT2D eigenvalue weighted by atomic mass is 10.1. The van der Waals surface area contributed by atoms with Crippen molar-refractivity contribution in [2.75, 3.05) is 13.1 Å². The van der Waals surface area contributed by atoms with Crippen LogP contribution in [-0.4, -0.2) is 35.1 Å². The van der Waals surface area contributed by atoms with E-state index < -0.39 is 5.97 Å². The maximum atomic E-state index is 11.9. The summed E-state index contributed by atoms with van der Waals surface area (Å²) in [5.74, 6) is -0.963. The van der Waals surface area contributed by atoms with Gasteiger partial charge in [-0.25, -0.2) is 9.59 Å². The van der Waals surface area contributed by atoms with Gasteiger partial charge in [-0.05, 0) is 41.9 Å². The Bertz CT molecular complexity index is 738. The molecular formula is C21H27N3O3. The zero-order valence-corrected chi connectivity index (χ0v) is 15.9. The summed E-state index contributed by atoms with van der Waals surface area (Å²) < 4.78 is 0. The van der Waals surface area contributed by atoms with E-state index >= 15 is 0 Å². The molecule has 0 aliphatic heterocycles. The Kier molecular flexibility index (Phi) is 7.82. The Morgan fingerprint density at radius 1 is 0.815 bits per heavy atom. The van der Waals surface area contributed by atoms with Crippen molar-refractivity contribution in [3.63, 3.8) is 0 Å². The zero-order valence-electron chi connectivity index (χ0n) is 15.9. The van der Waals surface area contributed by atoms with Crippen LogP contribution in [0, 0.1) is 0 Å². The summed E-state index contributed by atoms with van der Waals surface area (Å²) in [7, 11) is 0. The first-order valence-corrected chi connectivity index (χ1v) is 9.16. The molecule has 0 bridgehead atoms. The summed E-state index contributed by atoms with van der Waals surface area (Å²) in [6.07, 6.45) is 0. The zero-order chi connectivity index (χ0) is 19.6. The minimum atomic E-state index is -0.963. The summed E-state index contributed by atoms with van der Waals surface area (Å²) in [4.78, 5) is 25.1. The SMILES string of the molecule is CCN(CC)Cc1ccc(CNC(=O)NCc2ccc(C(=O)O)cc2)cc1. The van der Waals surface area contributed by atoms with Gasteiger partial charge in [0.15, 0.2) is 0 Å². The molecule has 2 aromatic carbocycles. The van der Waals surface area contributed by atoms with E-state index in [1.165, 1.54) is 17.7 Å². The normalized spacial score (nSPS) is 10.6. The monoisotopic (exact) mass is 369 g/mol. The minimum Gasteiger partial charge on any atom is -0.478 e. The van der Waals surface area contributed by atoms with Crippen LogP contribution in [0.4, 0.5) is 4.79 Å². The van der Waals surface area contributed by atoms with E-state index in [2.05, 4.69) is 41.5 Å². The van der Waals surface area contributed by atoms with Gasteiger partial charge in [-0.3, -0.25) is 4.90 Å². The van der Waals surface area contributed by atoms with Gasteiger partial charge in [0.05, 0.1) is 5.56 Å². The topological polar surface area (TPSA) is 81.7 Å². The third-order valence-corrected chi connectivity index (χ3v) is 4.43. The van der Waals surface area contributed by atoms with Gasteiger partial charge in [0, 0.05) is 19.6 Å². The van der Waals surface area contributed by atoms with Gasteiger partial charge in [0.2, 0.25) is 0 Å². The van der Waals surface area contributed by atoms with Crippen molar-refractivity contribution in [1.29, 1.82) is 0 Å². The molecule has 0 aliphatic carbocycles. The molecule has 0 saturated heterocycles. The number of benzene rings is 2. The Morgan fingerprint density at radius 2 is 1.26 bits per heavy atom. The van der Waals surface area contributed by atoms with Crippen LogP contribution in [0.2, 0.25) is 0 Å². The van der Waals surface area contributed by atoms with Crippen LogP contribution in [0.15, 0.2) is 48.5 Å². The molecule has 0 unspecified atom stereocenters. The Morgan fingerprint density at radius 3 is 1.70 bits per heavy atom. The van der Waals surface area contributed by atoms with E-state index in [4.69, 9.17) is 5.11 Å². The third-order valence-electron chi connectivity index (χ3n) is 4.43. The highest BCUT2D eigenvalue weighted by Gasteiger charge is 2.05. The molecule has 0 fully saturated rings. The molecular weight excluding hydrogens is 342 g/mol. The maximum Gasteiger partial charge on any atom is 0.335 e. The number of amides is 2. The van der Waals surface area contributed by atoms with Crippen molar-refractivity contribution in [3.05, 3.63) is 70.8 Å². The minimum absolute atomic E-state index is 0.229. The first-order chi connectivity index (χ1) is 13.0. The van der Waals surface area contributed by atoms with Gasteiger partial charge in [0.25, 0.3) is 0 Å². The smallest absolute Gasteiger partial charge is 0.335 e. The van der Waals surface area contributed by atoms with Crippen LogP contribution in [0.3, 0.4) is 0 Å². The number of urea groups is 1. The molecule has 144 valence electrons. The molecule has 27 heavy (non-hydrogen) atoms. The molecule has 0 aromatic heterocycles. The van der Waals surface area contributed by atoms with Crippen molar-refractivity contribution >= 4 is 12.0 Å². The van der Waals surface area contributed by atoms with Crippen LogP contribution in [-0.2, 0) is 19.6 Å². The number of nitrogens with zero attached hydrogens (tertiary/aromatic N) is 1. The van der Waals surface area contributed by atoms with Crippen molar-refractivity contribution in [3.8, 4) is 0 Å². The molecule has 0 saturated carbocycles. The van der Waals surface area contributed by atoms with Crippen LogP contribution in [0.1, 0.15) is 40.9 Å². The Labute approximate surface area is 160 Å². The Hall–Kier alpha value is -2.86. The fourth-order valence-corrected chi connectivity index (χ4v) is 2.66. The summed E-state index contributed by atoms with van der Waals surface area (Å²) in [6, 6.07) is 14.4. The predicted molar refractivity (Wildman–Crippen MR) is 106 cm³/mol. The van der Waals surface area contributed by atoms with Crippen LogP contribution in [0.25, 0.3) is 0 Å². The van der Waals surface area contributed by atoms with Gasteiger partial charge in [0.1, 0.15) is 0 Å². The lowest BCUT2D eigenvalue weighted by Crippen LogP contribution is -2.34. The molecule has 0 radical (unpaired) electrons. The van der Waals surface area contributed by atoms with Gasteiger partial charge >= 0.3 is 12.0 Å². The summed E-state index contributed by atoms with van der Waals surface area (Å²) in [5.41, 5.74) is 3.37. The second kappa shape index (κ2) is 10.3. The number of carboxylic acid groups (broad SMARTS) is 1. The molecule has 0 heterocycles. The number of aromatic carboxylic acids is 1. The van der Waals surface area contributed by atoms with Crippen molar-refractivity contribution < 1.29 is 14.7 Å². The highest BCUT2D eigenvalue weighted by atomic mass is 16.4. The van der Waals surface area contributed by atoms with Crippen molar-refractivity contribution in [2.24, 2.45) is 0 Å². The molecule has 2 aromatic rings. The van der Waals surface area contributed by atoms with E-state index in [1.54, 1.807) is 12.1 Å². The molecule has 0 spiro atoms. The van der Waals surface area contributed by atoms with E-state index in [0.717, 1.165) is 30.8 Å². The second-order valence-corrected chi connectivity index (χ2v) is 6.32. The quantitative estimate of drug-likeness (QED) is 0.634. The summed E-state index contributed by atoms with van der Waals surface area (Å²) in [6.45, 7) is 8.09. The number of carbonyl (C=O) groups is 2. The molecule has 2 amide bonds. The number of hydrogen-bond donors (Lipinski definition) is 3. The van der Waals surface area contributed by atoms with Gasteiger partial charge in [-0.15, -0.1) is 0 Å². The third kappa shape index (κ3) is 6.75. The summed E-state index contributed by atoms with van der Waals surface area (Å²) >= 11 is 0. The lowest BCUT2D eigenvalue weighted by molar-refractivity contribution is 0.0697. The highest BCUT2D eigenvalue weighted by molar-refractivity contribution is 5.87. The molecule has 6 nitrogen and oxygen atoms in total. The van der Waals surface area contributed by atoms with Gasteiger partial charge in [-0.2, -0.15) is 0 Å². The number of nitrogens with one attached hydrogen (secondary N) is 2. The van der Waals surface area contributed by atoms with E-state index in [-0.39, 0.29) is 11.6 Å². The van der Waals surface area contributed by atoms with Crippen LogP contribution >= 0.6 is 0 Å². The molecule has 0 aliphatic rings. The highest BCUT2D eigenvalue weighted by Crippen LogP contribution is 2.08. The van der Waals surface area contributed by atoms with Gasteiger partial charge in [-0.1, -0.05) is 50.2 Å². The van der Waals surface area contributed by atoms with Crippen LogP contribution in [0.5, 0.6) is 0 Å².